The van der Waals surface area contributed by atoms with Gasteiger partial charge in [-0.15, -0.1) is 4.91 Å². The minimum atomic E-state index is 0.409. The van der Waals surface area contributed by atoms with E-state index >= 15 is 0 Å². The topological polar surface area (TPSA) is 69.0 Å². The molecule has 0 bridgehead atoms. The van der Waals surface area contributed by atoms with E-state index in [1.807, 2.05) is 30.3 Å². The Morgan fingerprint density at radius 2 is 1.84 bits per heavy atom. The highest BCUT2D eigenvalue weighted by molar-refractivity contribution is 5.86. The number of hydrogen-bond acceptors (Lipinski definition) is 3. The van der Waals surface area contributed by atoms with E-state index in [2.05, 4.69) is 16.2 Å². The molecule has 0 saturated carbocycles. The Hall–Kier alpha value is -2.93. The average Bonchev–Trinajstić information content (AvgIpc) is 2.90. The van der Waals surface area contributed by atoms with Gasteiger partial charge in [0.1, 0.15) is 5.69 Å². The predicted molar refractivity (Wildman–Crippen MR) is 73.9 cm³/mol. The number of aromatic nitrogens is 1. The summed E-state index contributed by atoms with van der Waals surface area (Å²) < 4.78 is 0. The third-order valence-electron chi connectivity index (χ3n) is 3.04. The van der Waals surface area contributed by atoms with Crippen molar-refractivity contribution in [3.05, 3.63) is 59.0 Å². The molecule has 4 nitrogen and oxygen atoms in total. The van der Waals surface area contributed by atoms with Crippen LogP contribution in [-0.4, -0.2) is 4.98 Å². The van der Waals surface area contributed by atoms with Gasteiger partial charge in [-0.25, -0.2) is 0 Å². The quantitative estimate of drug-likeness (QED) is 0.692. The summed E-state index contributed by atoms with van der Waals surface area (Å²) >= 11 is 0. The lowest BCUT2D eigenvalue weighted by molar-refractivity contribution is 1.43. The monoisotopic (exact) mass is 247 g/mol. The van der Waals surface area contributed by atoms with Crippen molar-refractivity contribution in [3.8, 4) is 17.3 Å². The molecule has 1 heterocycles. The van der Waals surface area contributed by atoms with Crippen molar-refractivity contribution in [2.24, 2.45) is 5.18 Å². The summed E-state index contributed by atoms with van der Waals surface area (Å²) in [4.78, 5) is 13.6. The molecular formula is C15H9N3O. The number of fused-ring (bicyclic) bond motifs is 1. The zero-order valence-electron chi connectivity index (χ0n) is 9.92. The third kappa shape index (κ3) is 1.98. The maximum atomic E-state index is 10.4. The highest BCUT2D eigenvalue weighted by Crippen LogP contribution is 2.26. The van der Waals surface area contributed by atoms with Crippen molar-refractivity contribution in [1.29, 1.82) is 5.26 Å². The van der Waals surface area contributed by atoms with E-state index in [-0.39, 0.29) is 0 Å². The fourth-order valence-corrected chi connectivity index (χ4v) is 2.05. The van der Waals surface area contributed by atoms with Gasteiger partial charge in [0.2, 0.25) is 0 Å². The van der Waals surface area contributed by atoms with E-state index in [0.29, 0.717) is 11.3 Å². The second-order valence-corrected chi connectivity index (χ2v) is 4.24. The van der Waals surface area contributed by atoms with Gasteiger partial charge in [-0.2, -0.15) is 5.26 Å². The normalized spacial score (nSPS) is 10.3. The standard InChI is InChI=1S/C15H9N3O/c16-9-10-1-2-12-8-15(17-14(12)7-10)11-3-5-13(18-19)6-4-11/h1-8,17H. The van der Waals surface area contributed by atoms with Crippen LogP contribution in [0.5, 0.6) is 0 Å². The molecule has 3 aromatic rings. The van der Waals surface area contributed by atoms with Gasteiger partial charge in [0.15, 0.2) is 0 Å². The molecule has 4 heteroatoms. The number of H-pyrrole nitrogens is 1. The Morgan fingerprint density at radius 3 is 2.53 bits per heavy atom. The molecule has 1 aromatic heterocycles. The van der Waals surface area contributed by atoms with E-state index in [1.165, 1.54) is 0 Å². The first-order valence-corrected chi connectivity index (χ1v) is 5.77. The fraction of sp³-hybridized carbons (Fsp3) is 0. The van der Waals surface area contributed by atoms with Crippen LogP contribution in [0, 0.1) is 16.2 Å². The summed E-state index contributed by atoms with van der Waals surface area (Å²) in [6.45, 7) is 0. The fourth-order valence-electron chi connectivity index (χ4n) is 2.05. The summed E-state index contributed by atoms with van der Waals surface area (Å²) in [6.07, 6.45) is 0. The van der Waals surface area contributed by atoms with Gasteiger partial charge in [-0.1, -0.05) is 18.2 Å². The maximum Gasteiger partial charge on any atom is 0.108 e. The van der Waals surface area contributed by atoms with Gasteiger partial charge >= 0.3 is 0 Å². The van der Waals surface area contributed by atoms with Gasteiger partial charge in [0.05, 0.1) is 11.6 Å². The lowest BCUT2D eigenvalue weighted by atomic mass is 10.1. The Kier molecular flexibility index (Phi) is 2.58. The first-order chi connectivity index (χ1) is 9.30. The van der Waals surface area contributed by atoms with Crippen molar-refractivity contribution in [1.82, 2.24) is 4.98 Å². The Labute approximate surface area is 109 Å². The van der Waals surface area contributed by atoms with Crippen LogP contribution in [0.1, 0.15) is 5.56 Å². The van der Waals surface area contributed by atoms with Crippen LogP contribution in [0.15, 0.2) is 53.7 Å². The second kappa shape index (κ2) is 4.39. The van der Waals surface area contributed by atoms with Crippen LogP contribution in [0.2, 0.25) is 0 Å². The molecule has 0 fully saturated rings. The molecular weight excluding hydrogens is 238 g/mol. The molecule has 0 amide bonds. The number of rotatable bonds is 2. The molecule has 0 radical (unpaired) electrons. The molecule has 0 aliphatic rings. The zero-order chi connectivity index (χ0) is 13.2. The molecule has 0 saturated heterocycles. The SMILES string of the molecule is N#Cc1ccc2cc(-c3ccc(N=O)cc3)[nH]c2c1. The first kappa shape index (κ1) is 11.2. The van der Waals surface area contributed by atoms with Crippen molar-refractivity contribution >= 4 is 16.6 Å². The Balaban J connectivity index is 2.09. The minimum Gasteiger partial charge on any atom is -0.354 e. The highest BCUT2D eigenvalue weighted by atomic mass is 16.3. The van der Waals surface area contributed by atoms with Crippen LogP contribution in [0.4, 0.5) is 5.69 Å². The van der Waals surface area contributed by atoms with Crippen molar-refractivity contribution in [2.45, 2.75) is 0 Å². The third-order valence-corrected chi connectivity index (χ3v) is 3.04. The molecule has 2 aromatic carbocycles. The van der Waals surface area contributed by atoms with E-state index in [4.69, 9.17) is 5.26 Å². The minimum absolute atomic E-state index is 0.409. The van der Waals surface area contributed by atoms with Crippen molar-refractivity contribution < 1.29 is 0 Å². The number of nitrogens with zero attached hydrogens (tertiary/aromatic N) is 2. The predicted octanol–water partition coefficient (Wildman–Crippen LogP) is 4.10. The average molecular weight is 247 g/mol. The van der Waals surface area contributed by atoms with Crippen LogP contribution in [0.25, 0.3) is 22.2 Å². The first-order valence-electron chi connectivity index (χ1n) is 5.77. The molecule has 1 N–H and O–H groups in total. The van der Waals surface area contributed by atoms with Crippen LogP contribution in [0.3, 0.4) is 0 Å². The van der Waals surface area contributed by atoms with Gasteiger partial charge < -0.3 is 4.98 Å². The largest absolute Gasteiger partial charge is 0.354 e. The van der Waals surface area contributed by atoms with Gasteiger partial charge in [0, 0.05) is 16.6 Å². The smallest absolute Gasteiger partial charge is 0.108 e. The zero-order valence-corrected chi connectivity index (χ0v) is 9.92. The van der Waals surface area contributed by atoms with Gasteiger partial charge in [-0.05, 0) is 41.1 Å². The number of aromatic amines is 1. The van der Waals surface area contributed by atoms with Crippen LogP contribution in [-0.2, 0) is 0 Å². The summed E-state index contributed by atoms with van der Waals surface area (Å²) in [6, 6.07) is 16.7. The Bertz CT molecular complexity index is 794. The molecule has 0 spiro atoms. The molecule has 0 unspecified atom stereocenters. The van der Waals surface area contributed by atoms with E-state index < -0.39 is 0 Å². The molecule has 0 aliphatic carbocycles. The number of hydrogen-bond donors (Lipinski definition) is 1. The number of nitroso groups, excluding NO2 is 1. The number of benzene rings is 2. The summed E-state index contributed by atoms with van der Waals surface area (Å²) in [5, 5.41) is 12.8. The van der Waals surface area contributed by atoms with Crippen molar-refractivity contribution in [3.63, 3.8) is 0 Å². The lowest BCUT2D eigenvalue weighted by Gasteiger charge is -1.96. The summed E-state index contributed by atoms with van der Waals surface area (Å²) in [5.41, 5.74) is 3.88. The molecule has 0 aliphatic heterocycles. The summed E-state index contributed by atoms with van der Waals surface area (Å²) in [7, 11) is 0. The second-order valence-electron chi connectivity index (χ2n) is 4.24. The van der Waals surface area contributed by atoms with E-state index in [0.717, 1.165) is 22.2 Å². The molecule has 3 rings (SSSR count). The van der Waals surface area contributed by atoms with Gasteiger partial charge in [0.25, 0.3) is 0 Å². The Morgan fingerprint density at radius 1 is 1.05 bits per heavy atom. The number of nitriles is 1. The van der Waals surface area contributed by atoms with Gasteiger partial charge in [-0.3, -0.25) is 0 Å². The summed E-state index contributed by atoms with van der Waals surface area (Å²) in [5.74, 6) is 0. The molecule has 19 heavy (non-hydrogen) atoms. The molecule has 0 atom stereocenters. The highest BCUT2D eigenvalue weighted by Gasteiger charge is 2.04. The lowest BCUT2D eigenvalue weighted by Crippen LogP contribution is -1.76. The molecule has 90 valence electrons. The van der Waals surface area contributed by atoms with Crippen molar-refractivity contribution in [2.75, 3.05) is 0 Å². The van der Waals surface area contributed by atoms with Crippen LogP contribution >= 0.6 is 0 Å². The van der Waals surface area contributed by atoms with Crippen LogP contribution < -0.4 is 0 Å². The number of nitrogens with one attached hydrogen (secondary N) is 1. The maximum absolute atomic E-state index is 10.4. The van der Waals surface area contributed by atoms with E-state index in [9.17, 15) is 4.91 Å². The van der Waals surface area contributed by atoms with E-state index in [1.54, 1.807) is 18.2 Å².